The predicted molar refractivity (Wildman–Crippen MR) is 120 cm³/mol. The molecule has 1 saturated heterocycles. The first-order valence-corrected chi connectivity index (χ1v) is 10.3. The van der Waals surface area contributed by atoms with Gasteiger partial charge in [0, 0.05) is 30.0 Å². The normalized spacial score (nSPS) is 14.8. The Morgan fingerprint density at radius 2 is 1.79 bits per heavy atom. The average Bonchev–Trinajstić information content (AvgIpc) is 2.75. The van der Waals surface area contributed by atoms with Gasteiger partial charge in [-0.2, -0.15) is 0 Å². The van der Waals surface area contributed by atoms with Crippen LogP contribution in [0, 0.1) is 0 Å². The van der Waals surface area contributed by atoms with E-state index in [1.807, 2.05) is 31.2 Å². The molecule has 1 heterocycles. The van der Waals surface area contributed by atoms with E-state index < -0.39 is 0 Å². The highest BCUT2D eigenvalue weighted by molar-refractivity contribution is 7.80. The molecule has 0 aromatic heterocycles. The number of hydrogen-bond acceptors (Lipinski definition) is 5. The highest BCUT2D eigenvalue weighted by Gasteiger charge is 2.12. The van der Waals surface area contributed by atoms with Crippen LogP contribution in [0.5, 0.6) is 5.75 Å². The Morgan fingerprint density at radius 1 is 1.14 bits per heavy atom. The summed E-state index contributed by atoms with van der Waals surface area (Å²) in [7, 11) is 0. The lowest BCUT2D eigenvalue weighted by molar-refractivity contribution is 0.0977. The van der Waals surface area contributed by atoms with Gasteiger partial charge < -0.3 is 19.7 Å². The molecule has 3 rings (SSSR count). The first-order chi connectivity index (χ1) is 14.0. The summed E-state index contributed by atoms with van der Waals surface area (Å²) in [5, 5.41) is 6.02. The third-order valence-corrected chi connectivity index (χ3v) is 4.96. The lowest BCUT2D eigenvalue weighted by Crippen LogP contribution is -2.36. The molecule has 1 amide bonds. The maximum Gasteiger partial charge on any atom is 0.257 e. The number of benzene rings is 2. The van der Waals surface area contributed by atoms with Crippen LogP contribution in [0.1, 0.15) is 30.6 Å². The molecule has 1 fully saturated rings. The van der Waals surface area contributed by atoms with E-state index in [2.05, 4.69) is 22.5 Å². The van der Waals surface area contributed by atoms with Crippen LogP contribution < -0.4 is 20.3 Å². The van der Waals surface area contributed by atoms with Gasteiger partial charge in [0.1, 0.15) is 5.75 Å². The van der Waals surface area contributed by atoms with Crippen molar-refractivity contribution in [2.24, 2.45) is 0 Å². The van der Waals surface area contributed by atoms with Crippen LogP contribution in [0.4, 0.5) is 11.4 Å². The van der Waals surface area contributed by atoms with Crippen LogP contribution in [-0.2, 0) is 4.74 Å². The Kier molecular flexibility index (Phi) is 7.43. The van der Waals surface area contributed by atoms with Gasteiger partial charge in [-0.25, -0.2) is 0 Å². The fourth-order valence-corrected chi connectivity index (χ4v) is 3.13. The molecule has 7 heteroatoms. The molecule has 0 spiro atoms. The minimum atomic E-state index is -0.262. The molecule has 0 aliphatic carbocycles. The Hall–Kier alpha value is -2.64. The van der Waals surface area contributed by atoms with Crippen LogP contribution in [-0.4, -0.2) is 43.4 Å². The standard InChI is InChI=1S/C22H27N3O3S/c1-3-16(2)28-20-10-4-17(5-11-20)21(26)24-22(29)23-18-6-8-19(9-7-18)25-12-14-27-15-13-25/h4-11,16H,3,12-15H2,1-2H3,(H2,23,24,26,29). The highest BCUT2D eigenvalue weighted by Crippen LogP contribution is 2.19. The van der Waals surface area contributed by atoms with E-state index in [1.165, 1.54) is 0 Å². The molecular weight excluding hydrogens is 386 g/mol. The fourth-order valence-electron chi connectivity index (χ4n) is 2.92. The molecule has 2 aromatic carbocycles. The molecular formula is C22H27N3O3S. The summed E-state index contributed by atoms with van der Waals surface area (Å²) in [4.78, 5) is 14.7. The number of nitrogens with one attached hydrogen (secondary N) is 2. The number of anilines is 2. The van der Waals surface area contributed by atoms with Crippen molar-refractivity contribution in [3.05, 3.63) is 54.1 Å². The number of carbonyl (C=O) groups is 1. The maximum absolute atomic E-state index is 12.4. The number of thiocarbonyl (C=S) groups is 1. The van der Waals surface area contributed by atoms with Gasteiger partial charge in [-0.05, 0) is 74.1 Å². The summed E-state index contributed by atoms with van der Waals surface area (Å²) >= 11 is 5.27. The van der Waals surface area contributed by atoms with Crippen molar-refractivity contribution in [1.29, 1.82) is 0 Å². The third kappa shape index (κ3) is 6.17. The minimum Gasteiger partial charge on any atom is -0.491 e. The Morgan fingerprint density at radius 3 is 2.41 bits per heavy atom. The monoisotopic (exact) mass is 413 g/mol. The van der Waals surface area contributed by atoms with Gasteiger partial charge in [0.05, 0.1) is 19.3 Å². The summed E-state index contributed by atoms with van der Waals surface area (Å²) in [5.74, 6) is 0.486. The summed E-state index contributed by atoms with van der Waals surface area (Å²) in [5.41, 5.74) is 2.49. The van der Waals surface area contributed by atoms with Crippen LogP contribution in [0.25, 0.3) is 0 Å². The molecule has 1 aliphatic rings. The van der Waals surface area contributed by atoms with Gasteiger partial charge in [-0.1, -0.05) is 6.92 Å². The predicted octanol–water partition coefficient (Wildman–Crippen LogP) is 3.83. The molecule has 154 valence electrons. The summed E-state index contributed by atoms with van der Waals surface area (Å²) in [6.45, 7) is 7.36. The topological polar surface area (TPSA) is 62.8 Å². The number of ether oxygens (including phenoxy) is 2. The van der Waals surface area contributed by atoms with E-state index in [9.17, 15) is 4.79 Å². The van der Waals surface area contributed by atoms with Gasteiger partial charge in [-0.3, -0.25) is 10.1 Å². The molecule has 0 saturated carbocycles. The first-order valence-electron chi connectivity index (χ1n) is 9.87. The SMILES string of the molecule is CCC(C)Oc1ccc(C(=O)NC(=S)Nc2ccc(N3CCOCC3)cc2)cc1. The highest BCUT2D eigenvalue weighted by atomic mass is 32.1. The van der Waals surface area contributed by atoms with Gasteiger partial charge in [-0.15, -0.1) is 0 Å². The second kappa shape index (κ2) is 10.2. The van der Waals surface area contributed by atoms with E-state index in [0.717, 1.165) is 49.8 Å². The smallest absolute Gasteiger partial charge is 0.257 e. The zero-order chi connectivity index (χ0) is 20.6. The Balaban J connectivity index is 1.51. The van der Waals surface area contributed by atoms with E-state index in [0.29, 0.717) is 5.56 Å². The van der Waals surface area contributed by atoms with Crippen LogP contribution in [0.3, 0.4) is 0 Å². The number of nitrogens with zero attached hydrogens (tertiary/aromatic N) is 1. The lowest BCUT2D eigenvalue weighted by Gasteiger charge is -2.28. The summed E-state index contributed by atoms with van der Waals surface area (Å²) in [6, 6.07) is 15.0. The van der Waals surface area contributed by atoms with Crippen molar-refractivity contribution < 1.29 is 14.3 Å². The molecule has 29 heavy (non-hydrogen) atoms. The van der Waals surface area contributed by atoms with E-state index in [4.69, 9.17) is 21.7 Å². The molecule has 0 bridgehead atoms. The minimum absolute atomic E-state index is 0.140. The quantitative estimate of drug-likeness (QED) is 0.702. The van der Waals surface area contributed by atoms with Crippen LogP contribution >= 0.6 is 12.2 Å². The van der Waals surface area contributed by atoms with Crippen molar-refractivity contribution >= 4 is 34.6 Å². The fraction of sp³-hybridized carbons (Fsp3) is 0.364. The second-order valence-electron chi connectivity index (χ2n) is 6.92. The number of hydrogen-bond donors (Lipinski definition) is 2. The van der Waals surface area contributed by atoms with Gasteiger partial charge in [0.15, 0.2) is 5.11 Å². The first kappa shape index (κ1) is 21.1. The molecule has 1 unspecified atom stereocenters. The van der Waals surface area contributed by atoms with Gasteiger partial charge in [0.25, 0.3) is 5.91 Å². The third-order valence-electron chi connectivity index (χ3n) is 4.76. The Labute approximate surface area is 177 Å². The Bertz CT molecular complexity index is 818. The molecule has 0 radical (unpaired) electrons. The number of rotatable bonds is 6. The van der Waals surface area contributed by atoms with E-state index in [1.54, 1.807) is 24.3 Å². The van der Waals surface area contributed by atoms with Crippen molar-refractivity contribution in [2.75, 3.05) is 36.5 Å². The average molecular weight is 414 g/mol. The zero-order valence-corrected chi connectivity index (χ0v) is 17.6. The number of morpholine rings is 1. The molecule has 2 aromatic rings. The lowest BCUT2D eigenvalue weighted by atomic mass is 10.2. The van der Waals surface area contributed by atoms with Crippen molar-refractivity contribution in [3.8, 4) is 5.75 Å². The summed E-state index contributed by atoms with van der Waals surface area (Å²) < 4.78 is 11.1. The second-order valence-corrected chi connectivity index (χ2v) is 7.32. The van der Waals surface area contributed by atoms with E-state index >= 15 is 0 Å². The molecule has 1 atom stereocenters. The van der Waals surface area contributed by atoms with Crippen LogP contribution in [0.2, 0.25) is 0 Å². The van der Waals surface area contributed by atoms with Crippen molar-refractivity contribution in [1.82, 2.24) is 5.32 Å². The largest absolute Gasteiger partial charge is 0.491 e. The van der Waals surface area contributed by atoms with E-state index in [-0.39, 0.29) is 17.1 Å². The van der Waals surface area contributed by atoms with Gasteiger partial charge >= 0.3 is 0 Å². The van der Waals surface area contributed by atoms with Crippen molar-refractivity contribution in [2.45, 2.75) is 26.4 Å². The molecule has 1 aliphatic heterocycles. The summed E-state index contributed by atoms with van der Waals surface area (Å²) in [6.07, 6.45) is 1.07. The van der Waals surface area contributed by atoms with Crippen molar-refractivity contribution in [3.63, 3.8) is 0 Å². The van der Waals surface area contributed by atoms with Crippen LogP contribution in [0.15, 0.2) is 48.5 Å². The molecule has 2 N–H and O–H groups in total. The zero-order valence-electron chi connectivity index (χ0n) is 16.8. The van der Waals surface area contributed by atoms with Gasteiger partial charge in [0.2, 0.25) is 0 Å². The number of amides is 1. The maximum atomic E-state index is 12.4. The molecule has 6 nitrogen and oxygen atoms in total. The number of carbonyl (C=O) groups excluding carboxylic acids is 1.